The van der Waals surface area contributed by atoms with E-state index in [1.54, 1.807) is 48.5 Å². The largest absolute Gasteiger partial charge is 0.491 e. The molecule has 2 rings (SSSR count). The van der Waals surface area contributed by atoms with Crippen molar-refractivity contribution in [1.82, 2.24) is 0 Å². The molecule has 0 aliphatic rings. The van der Waals surface area contributed by atoms with E-state index in [0.29, 0.717) is 49.1 Å². The van der Waals surface area contributed by atoms with Crippen LogP contribution in [0.5, 0.6) is 11.5 Å². The Hall–Kier alpha value is -2.48. The van der Waals surface area contributed by atoms with Crippen LogP contribution in [-0.2, 0) is 4.74 Å². The molecule has 0 unspecified atom stereocenters. The van der Waals surface area contributed by atoms with Crippen LogP contribution < -0.4 is 20.9 Å². The molecule has 0 saturated carbocycles. The fraction of sp³-hybridized carbons (Fsp3) is 0.222. The predicted molar refractivity (Wildman–Crippen MR) is 111 cm³/mol. The van der Waals surface area contributed by atoms with Gasteiger partial charge in [0, 0.05) is 11.1 Å². The Labute approximate surface area is 170 Å². The molecule has 0 saturated heterocycles. The van der Waals surface area contributed by atoms with Crippen LogP contribution in [-0.4, -0.2) is 38.1 Å². The summed E-state index contributed by atoms with van der Waals surface area (Å²) in [6.45, 7) is 1.74. The Kier molecular flexibility index (Phi) is 11.6. The number of amidine groups is 2. The highest BCUT2D eigenvalue weighted by molar-refractivity contribution is 5.95. The summed E-state index contributed by atoms with van der Waals surface area (Å²) < 4.78 is 16.5. The summed E-state index contributed by atoms with van der Waals surface area (Å²) in [5.74, 6) is 1.47. The van der Waals surface area contributed by atoms with E-state index in [0.717, 1.165) is 0 Å². The molecule has 0 bridgehead atoms. The molecule has 6 N–H and O–H groups in total. The highest BCUT2D eigenvalue weighted by Gasteiger charge is 1.99. The van der Waals surface area contributed by atoms with Gasteiger partial charge >= 0.3 is 0 Å². The van der Waals surface area contributed by atoms with Crippen molar-refractivity contribution < 1.29 is 14.2 Å². The van der Waals surface area contributed by atoms with Gasteiger partial charge in [-0.25, -0.2) is 0 Å². The van der Waals surface area contributed by atoms with Crippen molar-refractivity contribution in [3.05, 3.63) is 59.7 Å². The third kappa shape index (κ3) is 8.63. The Morgan fingerprint density at radius 2 is 0.963 bits per heavy atom. The van der Waals surface area contributed by atoms with Gasteiger partial charge in [-0.1, -0.05) is 0 Å². The average molecular weight is 415 g/mol. The first-order valence-electron chi connectivity index (χ1n) is 7.78. The SMILES string of the molecule is Cl.Cl.N=C(N)c1ccc(OCCOCCOc2ccc(C(=N)N)cc2)cc1. The third-order valence-corrected chi connectivity index (χ3v) is 3.32. The number of benzene rings is 2. The molecule has 0 atom stereocenters. The second kappa shape index (κ2) is 12.8. The van der Waals surface area contributed by atoms with E-state index in [-0.39, 0.29) is 36.5 Å². The summed E-state index contributed by atoms with van der Waals surface area (Å²) in [4.78, 5) is 0. The third-order valence-electron chi connectivity index (χ3n) is 3.32. The Balaban J connectivity index is 0.00000338. The number of hydrogen-bond acceptors (Lipinski definition) is 5. The molecule has 148 valence electrons. The molecule has 27 heavy (non-hydrogen) atoms. The van der Waals surface area contributed by atoms with E-state index < -0.39 is 0 Å². The summed E-state index contributed by atoms with van der Waals surface area (Å²) >= 11 is 0. The van der Waals surface area contributed by atoms with Gasteiger partial charge in [0.25, 0.3) is 0 Å². The van der Waals surface area contributed by atoms with Crippen molar-refractivity contribution >= 4 is 36.5 Å². The second-order valence-corrected chi connectivity index (χ2v) is 5.19. The topological polar surface area (TPSA) is 127 Å². The van der Waals surface area contributed by atoms with Crippen LogP contribution in [0.2, 0.25) is 0 Å². The normalized spacial score (nSPS) is 9.48. The first-order chi connectivity index (χ1) is 12.1. The molecule has 9 heteroatoms. The van der Waals surface area contributed by atoms with Crippen LogP contribution in [0.25, 0.3) is 0 Å². The van der Waals surface area contributed by atoms with Gasteiger partial charge in [0.1, 0.15) is 36.4 Å². The van der Waals surface area contributed by atoms with Gasteiger partial charge in [0.15, 0.2) is 0 Å². The molecule has 0 fully saturated rings. The smallest absolute Gasteiger partial charge is 0.122 e. The van der Waals surface area contributed by atoms with Crippen molar-refractivity contribution in [2.24, 2.45) is 11.5 Å². The van der Waals surface area contributed by atoms with Gasteiger partial charge in [-0.15, -0.1) is 24.8 Å². The Bertz CT molecular complexity index is 648. The van der Waals surface area contributed by atoms with Crippen molar-refractivity contribution in [2.75, 3.05) is 26.4 Å². The summed E-state index contributed by atoms with van der Waals surface area (Å²) in [5, 5.41) is 14.6. The zero-order valence-electron chi connectivity index (χ0n) is 14.6. The molecule has 0 aliphatic carbocycles. The predicted octanol–water partition coefficient (Wildman–Crippen LogP) is 2.57. The number of hydrogen-bond donors (Lipinski definition) is 4. The number of halogens is 2. The molecule has 0 heterocycles. The Morgan fingerprint density at radius 3 is 1.26 bits per heavy atom. The van der Waals surface area contributed by atoms with E-state index in [1.165, 1.54) is 0 Å². The number of nitrogen functional groups attached to an aromatic ring is 2. The maximum absolute atomic E-state index is 7.32. The second-order valence-electron chi connectivity index (χ2n) is 5.19. The molecule has 2 aromatic rings. The van der Waals surface area contributed by atoms with Crippen LogP contribution in [0.1, 0.15) is 11.1 Å². The van der Waals surface area contributed by atoms with E-state index in [2.05, 4.69) is 0 Å². The first kappa shape index (κ1) is 24.5. The maximum atomic E-state index is 7.32. The van der Waals surface area contributed by atoms with Crippen molar-refractivity contribution in [2.45, 2.75) is 0 Å². The first-order valence-corrected chi connectivity index (χ1v) is 7.78. The van der Waals surface area contributed by atoms with Crippen molar-refractivity contribution in [3.8, 4) is 11.5 Å². The van der Waals surface area contributed by atoms with Gasteiger partial charge in [0.05, 0.1) is 13.2 Å². The lowest BCUT2D eigenvalue weighted by Crippen LogP contribution is -2.13. The molecular weight excluding hydrogens is 391 g/mol. The van der Waals surface area contributed by atoms with Crippen molar-refractivity contribution in [1.29, 1.82) is 10.8 Å². The lowest BCUT2D eigenvalue weighted by Gasteiger charge is -2.09. The van der Waals surface area contributed by atoms with Crippen molar-refractivity contribution in [3.63, 3.8) is 0 Å². The minimum Gasteiger partial charge on any atom is -0.491 e. The number of nitrogens with one attached hydrogen (secondary N) is 2. The molecule has 0 radical (unpaired) electrons. The highest BCUT2D eigenvalue weighted by atomic mass is 35.5. The van der Waals surface area contributed by atoms with Gasteiger partial charge in [-0.05, 0) is 48.5 Å². The summed E-state index contributed by atoms with van der Waals surface area (Å²) in [6, 6.07) is 14.0. The lowest BCUT2D eigenvalue weighted by atomic mass is 10.2. The Morgan fingerprint density at radius 1 is 0.630 bits per heavy atom. The molecule has 0 aliphatic heterocycles. The van der Waals surface area contributed by atoms with Crippen LogP contribution in [0.3, 0.4) is 0 Å². The zero-order valence-corrected chi connectivity index (χ0v) is 16.3. The summed E-state index contributed by atoms with van der Waals surface area (Å²) in [5.41, 5.74) is 12.1. The maximum Gasteiger partial charge on any atom is 0.122 e. The van der Waals surface area contributed by atoms with Crippen LogP contribution in [0.15, 0.2) is 48.5 Å². The minimum atomic E-state index is 0. The van der Waals surface area contributed by atoms with E-state index in [1.807, 2.05) is 0 Å². The summed E-state index contributed by atoms with van der Waals surface area (Å²) in [7, 11) is 0. The van der Waals surface area contributed by atoms with Crippen LogP contribution in [0.4, 0.5) is 0 Å². The van der Waals surface area contributed by atoms with Crippen LogP contribution in [0, 0.1) is 10.8 Å². The molecule has 0 spiro atoms. The average Bonchev–Trinajstić information content (AvgIpc) is 2.61. The summed E-state index contributed by atoms with van der Waals surface area (Å²) in [6.07, 6.45) is 0. The zero-order chi connectivity index (χ0) is 18.1. The lowest BCUT2D eigenvalue weighted by molar-refractivity contribution is 0.0764. The van der Waals surface area contributed by atoms with E-state index >= 15 is 0 Å². The highest BCUT2D eigenvalue weighted by Crippen LogP contribution is 2.12. The molecule has 2 aromatic carbocycles. The van der Waals surface area contributed by atoms with Crippen LogP contribution >= 0.6 is 24.8 Å². The minimum absolute atomic E-state index is 0. The van der Waals surface area contributed by atoms with Gasteiger partial charge < -0.3 is 25.7 Å². The van der Waals surface area contributed by atoms with E-state index in [9.17, 15) is 0 Å². The molecule has 7 nitrogen and oxygen atoms in total. The standard InChI is InChI=1S/C18H22N4O3.2ClH/c19-17(20)13-1-5-15(6-2-13)24-11-9-23-10-12-25-16-7-3-14(4-8-16)18(21)22;;/h1-8H,9-12H2,(H3,19,20)(H3,21,22);2*1H. The number of rotatable bonds is 10. The monoisotopic (exact) mass is 414 g/mol. The molecular formula is C18H24Cl2N4O3. The van der Waals surface area contributed by atoms with Gasteiger partial charge in [0.2, 0.25) is 0 Å². The fourth-order valence-corrected chi connectivity index (χ4v) is 2.00. The van der Waals surface area contributed by atoms with Gasteiger partial charge in [-0.3, -0.25) is 10.8 Å². The van der Waals surface area contributed by atoms with Gasteiger partial charge in [-0.2, -0.15) is 0 Å². The number of ether oxygens (including phenoxy) is 3. The fourth-order valence-electron chi connectivity index (χ4n) is 2.00. The quantitative estimate of drug-likeness (QED) is 0.269. The van der Waals surface area contributed by atoms with E-state index in [4.69, 9.17) is 36.5 Å². The number of nitrogens with two attached hydrogens (primary N) is 2. The molecule has 0 aromatic heterocycles. The molecule has 0 amide bonds.